The van der Waals surface area contributed by atoms with Crippen molar-refractivity contribution in [2.75, 3.05) is 19.6 Å². The lowest BCUT2D eigenvalue weighted by Gasteiger charge is -2.32. The standard InChI is InChI=1S/C16H22N2O2S.ClH/c1-11(19)13-8-15(21-10-13)16(20)18-6-4-14(5-7-18)17-9-12-2-3-12;/h8,10,12,14,17H,2-7,9H2,1H3;1H. The van der Waals surface area contributed by atoms with Gasteiger partial charge in [0, 0.05) is 30.1 Å². The molecule has 0 bridgehead atoms. The molecule has 1 aromatic heterocycles. The number of hydrogen-bond donors (Lipinski definition) is 1. The van der Waals surface area contributed by atoms with Crippen molar-refractivity contribution in [1.29, 1.82) is 0 Å². The highest BCUT2D eigenvalue weighted by Crippen LogP contribution is 2.28. The van der Waals surface area contributed by atoms with E-state index in [1.807, 2.05) is 4.90 Å². The van der Waals surface area contributed by atoms with Crippen LogP contribution in [0.4, 0.5) is 0 Å². The molecule has 0 spiro atoms. The van der Waals surface area contributed by atoms with Crippen molar-refractivity contribution in [1.82, 2.24) is 10.2 Å². The third-order valence-electron chi connectivity index (χ3n) is 4.39. The molecule has 1 N–H and O–H groups in total. The molecule has 1 aliphatic heterocycles. The van der Waals surface area contributed by atoms with Gasteiger partial charge < -0.3 is 10.2 Å². The number of carbonyl (C=O) groups excluding carboxylic acids is 2. The average Bonchev–Trinajstić information content (AvgIpc) is 3.18. The monoisotopic (exact) mass is 342 g/mol. The largest absolute Gasteiger partial charge is 0.338 e. The summed E-state index contributed by atoms with van der Waals surface area (Å²) in [6.07, 6.45) is 4.81. The Hall–Kier alpha value is -0.910. The molecule has 1 aromatic rings. The summed E-state index contributed by atoms with van der Waals surface area (Å²) in [6, 6.07) is 2.29. The van der Waals surface area contributed by atoms with Gasteiger partial charge in [0.2, 0.25) is 0 Å². The molecule has 0 radical (unpaired) electrons. The Morgan fingerprint density at radius 2 is 1.95 bits per heavy atom. The minimum Gasteiger partial charge on any atom is -0.338 e. The molecular weight excluding hydrogens is 320 g/mol. The van der Waals surface area contributed by atoms with Crippen molar-refractivity contribution in [3.05, 3.63) is 21.9 Å². The van der Waals surface area contributed by atoms with E-state index in [2.05, 4.69) is 5.32 Å². The summed E-state index contributed by atoms with van der Waals surface area (Å²) in [7, 11) is 0. The molecule has 0 aromatic carbocycles. The Morgan fingerprint density at radius 3 is 2.50 bits per heavy atom. The molecule has 22 heavy (non-hydrogen) atoms. The van der Waals surface area contributed by atoms with Gasteiger partial charge in [-0.15, -0.1) is 23.7 Å². The quantitative estimate of drug-likeness (QED) is 0.837. The number of rotatable bonds is 5. The first kappa shape index (κ1) is 17.4. The molecule has 1 aliphatic carbocycles. The van der Waals surface area contributed by atoms with E-state index < -0.39 is 0 Å². The second kappa shape index (κ2) is 7.57. The number of hydrogen-bond acceptors (Lipinski definition) is 4. The van der Waals surface area contributed by atoms with Gasteiger partial charge in [-0.1, -0.05) is 0 Å². The van der Waals surface area contributed by atoms with Crippen LogP contribution in [0.3, 0.4) is 0 Å². The highest BCUT2D eigenvalue weighted by molar-refractivity contribution is 7.12. The van der Waals surface area contributed by atoms with Crippen LogP contribution in [0.2, 0.25) is 0 Å². The number of carbonyl (C=O) groups is 2. The second-order valence-electron chi connectivity index (χ2n) is 6.17. The summed E-state index contributed by atoms with van der Waals surface area (Å²) in [6.45, 7) is 4.31. The number of Topliss-reactive ketones (excluding diaryl/α,β-unsaturated/α-hetero) is 1. The van der Waals surface area contributed by atoms with Crippen LogP contribution in [-0.4, -0.2) is 42.3 Å². The summed E-state index contributed by atoms with van der Waals surface area (Å²) < 4.78 is 0. The van der Waals surface area contributed by atoms with E-state index in [9.17, 15) is 9.59 Å². The van der Waals surface area contributed by atoms with Crippen LogP contribution in [0.15, 0.2) is 11.4 Å². The highest BCUT2D eigenvalue weighted by atomic mass is 35.5. The Morgan fingerprint density at radius 1 is 1.27 bits per heavy atom. The van der Waals surface area contributed by atoms with Gasteiger partial charge in [0.25, 0.3) is 5.91 Å². The van der Waals surface area contributed by atoms with Crippen LogP contribution in [0, 0.1) is 5.92 Å². The van der Waals surface area contributed by atoms with Gasteiger partial charge in [-0.05, 0) is 51.1 Å². The Kier molecular flexibility index (Phi) is 6.01. The van der Waals surface area contributed by atoms with Gasteiger partial charge in [-0.3, -0.25) is 9.59 Å². The van der Waals surface area contributed by atoms with E-state index in [-0.39, 0.29) is 24.1 Å². The molecule has 122 valence electrons. The first-order valence-electron chi connectivity index (χ1n) is 7.75. The molecule has 0 atom stereocenters. The molecule has 2 fully saturated rings. The van der Waals surface area contributed by atoms with Crippen molar-refractivity contribution >= 4 is 35.4 Å². The van der Waals surface area contributed by atoms with E-state index in [1.54, 1.807) is 11.4 Å². The van der Waals surface area contributed by atoms with Crippen LogP contribution in [0.5, 0.6) is 0 Å². The molecular formula is C16H23ClN2O2S. The number of likely N-dealkylation sites (tertiary alicyclic amines) is 1. The number of amides is 1. The molecule has 3 rings (SSSR count). The molecule has 2 aliphatic rings. The number of thiophene rings is 1. The minimum absolute atomic E-state index is 0. The Bertz CT molecular complexity index is 534. The normalized spacial score (nSPS) is 18.9. The lowest BCUT2D eigenvalue weighted by Crippen LogP contribution is -2.45. The molecule has 1 amide bonds. The maximum atomic E-state index is 12.4. The third kappa shape index (κ3) is 4.31. The number of nitrogens with zero attached hydrogens (tertiary/aromatic N) is 1. The summed E-state index contributed by atoms with van der Waals surface area (Å²) in [5.41, 5.74) is 0.643. The van der Waals surface area contributed by atoms with Crippen LogP contribution in [0.25, 0.3) is 0 Å². The lowest BCUT2D eigenvalue weighted by atomic mass is 10.0. The van der Waals surface area contributed by atoms with Gasteiger partial charge in [-0.25, -0.2) is 0 Å². The van der Waals surface area contributed by atoms with Crippen LogP contribution < -0.4 is 5.32 Å². The maximum absolute atomic E-state index is 12.4. The Labute approximate surface area is 141 Å². The molecule has 4 nitrogen and oxygen atoms in total. The zero-order chi connectivity index (χ0) is 14.8. The average molecular weight is 343 g/mol. The van der Waals surface area contributed by atoms with Crippen molar-refractivity contribution in [3.63, 3.8) is 0 Å². The van der Waals surface area contributed by atoms with Gasteiger partial charge in [0.1, 0.15) is 0 Å². The lowest BCUT2D eigenvalue weighted by molar-refractivity contribution is 0.0710. The fraction of sp³-hybridized carbons (Fsp3) is 0.625. The SMILES string of the molecule is CC(=O)c1csc(C(=O)N2CCC(NCC3CC3)CC2)c1.Cl. The van der Waals surface area contributed by atoms with E-state index in [0.717, 1.165) is 38.4 Å². The van der Waals surface area contributed by atoms with E-state index in [1.165, 1.54) is 31.1 Å². The summed E-state index contributed by atoms with van der Waals surface area (Å²) >= 11 is 1.38. The van der Waals surface area contributed by atoms with E-state index in [0.29, 0.717) is 16.5 Å². The Balaban J connectivity index is 0.00000176. The van der Waals surface area contributed by atoms with Gasteiger partial charge >= 0.3 is 0 Å². The van der Waals surface area contributed by atoms with Crippen molar-refractivity contribution in [2.45, 2.75) is 38.6 Å². The maximum Gasteiger partial charge on any atom is 0.263 e. The van der Waals surface area contributed by atoms with Crippen molar-refractivity contribution in [2.24, 2.45) is 5.92 Å². The van der Waals surface area contributed by atoms with E-state index in [4.69, 9.17) is 0 Å². The topological polar surface area (TPSA) is 49.4 Å². The third-order valence-corrected chi connectivity index (χ3v) is 5.31. The van der Waals surface area contributed by atoms with Gasteiger partial charge in [0.15, 0.2) is 5.78 Å². The summed E-state index contributed by atoms with van der Waals surface area (Å²) in [4.78, 5) is 26.3. The zero-order valence-corrected chi connectivity index (χ0v) is 14.5. The predicted octanol–water partition coefficient (Wildman–Crippen LogP) is 2.98. The van der Waals surface area contributed by atoms with Crippen LogP contribution in [-0.2, 0) is 0 Å². The zero-order valence-electron chi connectivity index (χ0n) is 12.8. The number of nitrogens with one attached hydrogen (secondary N) is 1. The number of piperidine rings is 1. The predicted molar refractivity (Wildman–Crippen MR) is 91.2 cm³/mol. The van der Waals surface area contributed by atoms with Crippen molar-refractivity contribution < 1.29 is 9.59 Å². The fourth-order valence-electron chi connectivity index (χ4n) is 2.73. The minimum atomic E-state index is 0. The molecule has 1 saturated heterocycles. The van der Waals surface area contributed by atoms with Crippen LogP contribution in [0.1, 0.15) is 52.6 Å². The van der Waals surface area contributed by atoms with Crippen LogP contribution >= 0.6 is 23.7 Å². The summed E-state index contributed by atoms with van der Waals surface area (Å²) in [5, 5.41) is 5.40. The second-order valence-corrected chi connectivity index (χ2v) is 7.09. The number of halogens is 1. The molecule has 0 unspecified atom stereocenters. The number of ketones is 1. The fourth-order valence-corrected chi connectivity index (χ4v) is 3.64. The highest BCUT2D eigenvalue weighted by Gasteiger charge is 2.27. The molecule has 1 saturated carbocycles. The van der Waals surface area contributed by atoms with Gasteiger partial charge in [0.05, 0.1) is 4.88 Å². The molecule has 6 heteroatoms. The molecule has 2 heterocycles. The van der Waals surface area contributed by atoms with Gasteiger partial charge in [-0.2, -0.15) is 0 Å². The van der Waals surface area contributed by atoms with E-state index >= 15 is 0 Å². The van der Waals surface area contributed by atoms with Crippen molar-refractivity contribution in [3.8, 4) is 0 Å². The first-order valence-corrected chi connectivity index (χ1v) is 8.63. The summed E-state index contributed by atoms with van der Waals surface area (Å²) in [5.74, 6) is 1.00. The first-order chi connectivity index (χ1) is 10.1. The smallest absolute Gasteiger partial charge is 0.263 e.